The molecule has 0 saturated heterocycles. The third kappa shape index (κ3) is 2.35. The topological polar surface area (TPSA) is 82.9 Å². The van der Waals surface area contributed by atoms with E-state index in [9.17, 15) is 8.42 Å². The first-order chi connectivity index (χ1) is 6.05. The molecular formula is C6H4ClN3O2S. The van der Waals surface area contributed by atoms with Crippen molar-refractivity contribution in [3.63, 3.8) is 0 Å². The third-order valence-corrected chi connectivity index (χ3v) is 2.65. The average molecular weight is 218 g/mol. The van der Waals surface area contributed by atoms with Crippen molar-refractivity contribution in [2.75, 3.05) is 0 Å². The van der Waals surface area contributed by atoms with Gasteiger partial charge < -0.3 is 0 Å². The second-order valence-corrected chi connectivity index (χ2v) is 4.63. The van der Waals surface area contributed by atoms with Crippen LogP contribution in [0.5, 0.6) is 0 Å². The lowest BCUT2D eigenvalue weighted by molar-refractivity contribution is 0.610. The van der Waals surface area contributed by atoms with Crippen molar-refractivity contribution < 1.29 is 8.42 Å². The van der Waals surface area contributed by atoms with Gasteiger partial charge in [-0.05, 0) is 11.6 Å². The number of hydrogen-bond acceptors (Lipinski definition) is 3. The lowest BCUT2D eigenvalue weighted by Gasteiger charge is -1.98. The Morgan fingerprint density at radius 1 is 1.38 bits per heavy atom. The standard InChI is InChI=1S/C6H4ClN3O2S/c7-13(11,12)6-4-2-1-3-5(6)9-10-8/h1-4H. The van der Waals surface area contributed by atoms with E-state index in [2.05, 4.69) is 10.0 Å². The molecule has 7 heteroatoms. The molecule has 0 heterocycles. The minimum absolute atomic E-state index is 0.000000000000000444. The lowest BCUT2D eigenvalue weighted by Crippen LogP contribution is -1.89. The maximum atomic E-state index is 10.9. The first-order valence-corrected chi connectivity index (χ1v) is 5.45. The molecule has 0 bridgehead atoms. The molecule has 0 aromatic heterocycles. The quantitative estimate of drug-likeness (QED) is 0.330. The first-order valence-electron chi connectivity index (χ1n) is 3.14. The second kappa shape index (κ2) is 3.66. The van der Waals surface area contributed by atoms with E-state index in [0.29, 0.717) is 0 Å². The molecule has 0 N–H and O–H groups in total. The number of benzene rings is 1. The van der Waals surface area contributed by atoms with E-state index in [1.807, 2.05) is 0 Å². The van der Waals surface area contributed by atoms with E-state index in [1.54, 1.807) is 6.07 Å². The first kappa shape index (κ1) is 9.85. The Kier molecular flexibility index (Phi) is 2.77. The average Bonchev–Trinajstić information content (AvgIpc) is 2.04. The van der Waals surface area contributed by atoms with E-state index in [1.165, 1.54) is 18.2 Å². The molecule has 0 saturated carbocycles. The number of hydrogen-bond donors (Lipinski definition) is 0. The zero-order valence-electron chi connectivity index (χ0n) is 6.25. The summed E-state index contributed by atoms with van der Waals surface area (Å²) in [7, 11) is 1.24. The van der Waals surface area contributed by atoms with Crippen LogP contribution in [0.4, 0.5) is 5.69 Å². The minimum Gasteiger partial charge on any atom is -0.207 e. The molecule has 0 unspecified atom stereocenters. The summed E-state index contributed by atoms with van der Waals surface area (Å²) in [6.45, 7) is 0. The molecule has 0 amide bonds. The van der Waals surface area contributed by atoms with Gasteiger partial charge in [-0.15, -0.1) is 0 Å². The Morgan fingerprint density at radius 2 is 2.00 bits per heavy atom. The van der Waals surface area contributed by atoms with E-state index < -0.39 is 9.05 Å². The Bertz CT molecular complexity index is 465. The number of rotatable bonds is 2. The molecule has 0 aliphatic heterocycles. The van der Waals surface area contributed by atoms with Gasteiger partial charge in [-0.25, -0.2) is 8.42 Å². The smallest absolute Gasteiger partial charge is 0.207 e. The summed E-state index contributed by atoms with van der Waals surface area (Å²) in [5.74, 6) is 0. The highest BCUT2D eigenvalue weighted by Gasteiger charge is 2.13. The van der Waals surface area contributed by atoms with Crippen molar-refractivity contribution in [1.82, 2.24) is 0 Å². The van der Waals surface area contributed by atoms with E-state index in [-0.39, 0.29) is 10.6 Å². The van der Waals surface area contributed by atoms with Gasteiger partial charge in [0.25, 0.3) is 9.05 Å². The largest absolute Gasteiger partial charge is 0.261 e. The van der Waals surface area contributed by atoms with Crippen molar-refractivity contribution in [1.29, 1.82) is 0 Å². The summed E-state index contributed by atoms with van der Waals surface area (Å²) in [5, 5.41) is 3.19. The summed E-state index contributed by atoms with van der Waals surface area (Å²) in [6, 6.07) is 5.68. The summed E-state index contributed by atoms with van der Waals surface area (Å²) in [6.07, 6.45) is 0. The van der Waals surface area contributed by atoms with Crippen molar-refractivity contribution in [2.45, 2.75) is 4.90 Å². The van der Waals surface area contributed by atoms with Gasteiger partial charge in [0.2, 0.25) is 0 Å². The summed E-state index contributed by atoms with van der Waals surface area (Å²) < 4.78 is 21.8. The van der Waals surface area contributed by atoms with Crippen LogP contribution < -0.4 is 0 Å². The molecule has 13 heavy (non-hydrogen) atoms. The third-order valence-electron chi connectivity index (χ3n) is 1.28. The maximum Gasteiger partial charge on any atom is 0.261 e. The number of nitrogens with zero attached hydrogens (tertiary/aromatic N) is 3. The molecule has 0 fully saturated rings. The van der Waals surface area contributed by atoms with Crippen LogP contribution in [0.25, 0.3) is 10.4 Å². The molecule has 5 nitrogen and oxygen atoms in total. The van der Waals surface area contributed by atoms with E-state index in [4.69, 9.17) is 16.2 Å². The molecular weight excluding hydrogens is 214 g/mol. The van der Waals surface area contributed by atoms with Crippen LogP contribution in [-0.2, 0) is 9.05 Å². The summed E-state index contributed by atoms with van der Waals surface area (Å²) in [4.78, 5) is 2.30. The van der Waals surface area contributed by atoms with Gasteiger partial charge in [-0.2, -0.15) is 0 Å². The van der Waals surface area contributed by atoms with Gasteiger partial charge in [-0.1, -0.05) is 23.3 Å². The maximum absolute atomic E-state index is 10.9. The van der Waals surface area contributed by atoms with Crippen LogP contribution in [0.1, 0.15) is 0 Å². The Hall–Kier alpha value is -1.23. The molecule has 0 aliphatic rings. The van der Waals surface area contributed by atoms with Gasteiger partial charge in [0.1, 0.15) is 0 Å². The Labute approximate surface area is 79.0 Å². The normalized spacial score (nSPS) is 10.5. The van der Waals surface area contributed by atoms with Crippen LogP contribution in [0.3, 0.4) is 0 Å². The molecule has 0 aliphatic carbocycles. The monoisotopic (exact) mass is 217 g/mol. The van der Waals surface area contributed by atoms with Crippen LogP contribution in [-0.4, -0.2) is 8.42 Å². The van der Waals surface area contributed by atoms with Crippen molar-refractivity contribution in [2.24, 2.45) is 5.11 Å². The molecule has 0 atom stereocenters. The van der Waals surface area contributed by atoms with Crippen molar-refractivity contribution in [3.8, 4) is 0 Å². The molecule has 0 radical (unpaired) electrons. The van der Waals surface area contributed by atoms with Gasteiger partial charge in [0, 0.05) is 15.6 Å². The summed E-state index contributed by atoms with van der Waals surface area (Å²) in [5.41, 5.74) is 8.13. The summed E-state index contributed by atoms with van der Waals surface area (Å²) >= 11 is 0. The van der Waals surface area contributed by atoms with Crippen LogP contribution in [0.2, 0.25) is 0 Å². The second-order valence-electron chi connectivity index (χ2n) is 2.10. The minimum atomic E-state index is -3.85. The molecule has 68 valence electrons. The molecule has 1 rings (SSSR count). The van der Waals surface area contributed by atoms with Crippen molar-refractivity contribution >= 4 is 25.4 Å². The van der Waals surface area contributed by atoms with Crippen LogP contribution in [0, 0.1) is 0 Å². The number of halogens is 1. The lowest BCUT2D eigenvalue weighted by atomic mass is 10.3. The van der Waals surface area contributed by atoms with Crippen LogP contribution in [0.15, 0.2) is 34.3 Å². The zero-order chi connectivity index (χ0) is 9.90. The predicted molar refractivity (Wildman–Crippen MR) is 48.3 cm³/mol. The highest BCUT2D eigenvalue weighted by molar-refractivity contribution is 8.13. The highest BCUT2D eigenvalue weighted by Crippen LogP contribution is 2.26. The Balaban J connectivity index is 3.45. The van der Waals surface area contributed by atoms with Crippen molar-refractivity contribution in [3.05, 3.63) is 34.7 Å². The van der Waals surface area contributed by atoms with Gasteiger partial charge in [0.05, 0.1) is 10.6 Å². The predicted octanol–water partition coefficient (Wildman–Crippen LogP) is 2.56. The fourth-order valence-electron chi connectivity index (χ4n) is 0.794. The fourth-order valence-corrected chi connectivity index (χ4v) is 1.79. The van der Waals surface area contributed by atoms with E-state index in [0.717, 1.165) is 0 Å². The van der Waals surface area contributed by atoms with Gasteiger partial charge in [0.15, 0.2) is 0 Å². The van der Waals surface area contributed by atoms with Crippen LogP contribution >= 0.6 is 10.7 Å². The van der Waals surface area contributed by atoms with Gasteiger partial charge in [-0.3, -0.25) is 0 Å². The highest BCUT2D eigenvalue weighted by atomic mass is 35.7. The Morgan fingerprint density at radius 3 is 2.54 bits per heavy atom. The zero-order valence-corrected chi connectivity index (χ0v) is 7.83. The number of azide groups is 1. The van der Waals surface area contributed by atoms with E-state index >= 15 is 0 Å². The SMILES string of the molecule is [N-]=[N+]=Nc1ccccc1S(=O)(=O)Cl. The molecule has 1 aromatic carbocycles. The van der Waals surface area contributed by atoms with Gasteiger partial charge >= 0.3 is 0 Å². The fraction of sp³-hybridized carbons (Fsp3) is 0. The molecule has 0 spiro atoms. The molecule has 1 aromatic rings.